The van der Waals surface area contributed by atoms with Gasteiger partial charge in [-0.3, -0.25) is 9.65 Å². The second-order valence-corrected chi connectivity index (χ2v) is 8.20. The lowest BCUT2D eigenvalue weighted by atomic mass is 10.2. The highest BCUT2D eigenvalue weighted by atomic mass is 31.2. The van der Waals surface area contributed by atoms with Crippen LogP contribution in [-0.2, 0) is 15.8 Å². The molecular weight excluding hydrogens is 345 g/mol. The molecule has 0 aliphatic carbocycles. The summed E-state index contributed by atoms with van der Waals surface area (Å²) in [6.07, 6.45) is 1.60. The molecule has 130 valence electrons. The molecule has 0 unspecified atom stereocenters. The molecule has 3 aromatic rings. The smallest absolute Gasteiger partial charge is 0.198 e. The van der Waals surface area contributed by atoms with Gasteiger partial charge in [-0.2, -0.15) is 0 Å². The molecule has 5 heteroatoms. The third kappa shape index (κ3) is 3.72. The monoisotopic (exact) mass is 363 g/mol. The topological polar surface area (TPSA) is 51.5 Å². The fourth-order valence-corrected chi connectivity index (χ4v) is 4.49. The highest BCUT2D eigenvalue weighted by Gasteiger charge is 2.26. The van der Waals surface area contributed by atoms with Gasteiger partial charge in [-0.25, -0.2) is 0 Å². The van der Waals surface area contributed by atoms with Gasteiger partial charge < -0.3 is 9.15 Å². The molecule has 4 nitrogen and oxygen atoms in total. The van der Waals surface area contributed by atoms with E-state index in [0.29, 0.717) is 18.1 Å². The van der Waals surface area contributed by atoms with Crippen LogP contribution in [0.1, 0.15) is 16.9 Å². The minimum absolute atomic E-state index is 0.376. The molecule has 0 saturated heterocycles. The SMILES string of the molecule is O=P1(NCc2ccco2)C=C(c2ccccc2)OC(c2ccccc2)=C1. The second kappa shape index (κ2) is 7.20. The summed E-state index contributed by atoms with van der Waals surface area (Å²) in [6, 6.07) is 23.0. The number of furan rings is 1. The molecule has 0 saturated carbocycles. The first kappa shape index (κ1) is 16.6. The summed E-state index contributed by atoms with van der Waals surface area (Å²) in [5, 5.41) is 3.13. The van der Waals surface area contributed by atoms with Crippen molar-refractivity contribution in [2.45, 2.75) is 6.54 Å². The van der Waals surface area contributed by atoms with E-state index in [2.05, 4.69) is 5.09 Å². The van der Waals surface area contributed by atoms with E-state index in [4.69, 9.17) is 9.15 Å². The van der Waals surface area contributed by atoms with Crippen LogP contribution in [0.15, 0.2) is 95.1 Å². The average molecular weight is 363 g/mol. The predicted molar refractivity (Wildman–Crippen MR) is 103 cm³/mol. The van der Waals surface area contributed by atoms with Crippen molar-refractivity contribution in [3.63, 3.8) is 0 Å². The van der Waals surface area contributed by atoms with Crippen molar-refractivity contribution in [3.05, 3.63) is 108 Å². The largest absolute Gasteiger partial charge is 0.468 e. The van der Waals surface area contributed by atoms with E-state index in [0.717, 1.165) is 16.9 Å². The number of hydrogen-bond acceptors (Lipinski definition) is 3. The highest BCUT2D eigenvalue weighted by Crippen LogP contribution is 2.53. The van der Waals surface area contributed by atoms with Crippen LogP contribution in [0.3, 0.4) is 0 Å². The third-order valence-electron chi connectivity index (χ3n) is 4.04. The second-order valence-electron chi connectivity index (χ2n) is 5.94. The molecule has 26 heavy (non-hydrogen) atoms. The van der Waals surface area contributed by atoms with Crippen molar-refractivity contribution < 1.29 is 13.7 Å². The third-order valence-corrected chi connectivity index (χ3v) is 5.92. The standard InChI is InChI=1S/C21H18NO3P/c23-26(22-14-19-12-7-13-24-19)15-20(17-8-3-1-4-9-17)25-21(16-26)18-10-5-2-6-11-18/h1-13,15-16H,14H2,(H,22,23). The van der Waals surface area contributed by atoms with E-state index in [1.54, 1.807) is 17.9 Å². The minimum atomic E-state index is -2.96. The number of rotatable bonds is 5. The van der Waals surface area contributed by atoms with Crippen LogP contribution in [0.5, 0.6) is 0 Å². The van der Waals surface area contributed by atoms with E-state index < -0.39 is 7.29 Å². The Balaban J connectivity index is 1.70. The molecule has 0 spiro atoms. The van der Waals surface area contributed by atoms with Crippen LogP contribution in [-0.4, -0.2) is 0 Å². The summed E-state index contributed by atoms with van der Waals surface area (Å²) in [6.45, 7) is 0.376. The number of ether oxygens (including phenoxy) is 1. The number of hydrogen-bond donors (Lipinski definition) is 1. The maximum absolute atomic E-state index is 13.5. The molecule has 2 aromatic carbocycles. The Morgan fingerprint density at radius 3 is 1.85 bits per heavy atom. The molecule has 0 atom stereocenters. The van der Waals surface area contributed by atoms with Crippen LogP contribution in [0.4, 0.5) is 0 Å². The van der Waals surface area contributed by atoms with Crippen molar-refractivity contribution in [2.75, 3.05) is 0 Å². The summed E-state index contributed by atoms with van der Waals surface area (Å²) >= 11 is 0. The summed E-state index contributed by atoms with van der Waals surface area (Å²) < 4.78 is 24.9. The van der Waals surface area contributed by atoms with E-state index in [1.807, 2.05) is 72.8 Å². The van der Waals surface area contributed by atoms with Crippen LogP contribution < -0.4 is 5.09 Å². The van der Waals surface area contributed by atoms with Crippen molar-refractivity contribution in [2.24, 2.45) is 0 Å². The molecule has 0 fully saturated rings. The first-order chi connectivity index (χ1) is 12.7. The van der Waals surface area contributed by atoms with Gasteiger partial charge in [0.2, 0.25) is 0 Å². The Kier molecular flexibility index (Phi) is 4.61. The maximum Gasteiger partial charge on any atom is 0.198 e. The van der Waals surface area contributed by atoms with Gasteiger partial charge in [0.15, 0.2) is 7.29 Å². The Bertz CT molecular complexity index is 917. The zero-order chi connectivity index (χ0) is 17.8. The van der Waals surface area contributed by atoms with E-state index >= 15 is 0 Å². The molecule has 1 aromatic heterocycles. The molecular formula is C21H18NO3P. The lowest BCUT2D eigenvalue weighted by molar-refractivity contribution is 0.467. The Morgan fingerprint density at radius 1 is 0.769 bits per heavy atom. The predicted octanol–water partition coefficient (Wildman–Crippen LogP) is 5.67. The maximum atomic E-state index is 13.5. The first-order valence-corrected chi connectivity index (χ1v) is 10.2. The van der Waals surface area contributed by atoms with E-state index in [-0.39, 0.29) is 0 Å². The zero-order valence-corrected chi connectivity index (χ0v) is 14.9. The van der Waals surface area contributed by atoms with Gasteiger partial charge in [0.1, 0.15) is 17.3 Å². The van der Waals surface area contributed by atoms with E-state index in [1.165, 1.54) is 0 Å². The van der Waals surface area contributed by atoms with Gasteiger partial charge >= 0.3 is 0 Å². The number of benzene rings is 2. The van der Waals surface area contributed by atoms with Crippen molar-refractivity contribution in [3.8, 4) is 0 Å². The van der Waals surface area contributed by atoms with Gasteiger partial charge in [0.25, 0.3) is 0 Å². The van der Waals surface area contributed by atoms with Crippen molar-refractivity contribution in [1.29, 1.82) is 0 Å². The molecule has 0 radical (unpaired) electrons. The Hall–Kier alpha value is -2.81. The van der Waals surface area contributed by atoms with Crippen LogP contribution in [0, 0.1) is 0 Å². The first-order valence-electron chi connectivity index (χ1n) is 8.33. The minimum Gasteiger partial charge on any atom is -0.468 e. The number of nitrogens with one attached hydrogen (secondary N) is 1. The van der Waals surface area contributed by atoms with Gasteiger partial charge in [-0.05, 0) is 12.1 Å². The van der Waals surface area contributed by atoms with E-state index in [9.17, 15) is 4.57 Å². The fraction of sp³-hybridized carbons (Fsp3) is 0.0476. The normalized spacial score (nSPS) is 15.7. The molecule has 2 heterocycles. The molecule has 1 aliphatic rings. The zero-order valence-electron chi connectivity index (χ0n) is 14.0. The molecule has 1 aliphatic heterocycles. The van der Waals surface area contributed by atoms with Crippen molar-refractivity contribution in [1.82, 2.24) is 5.09 Å². The van der Waals surface area contributed by atoms with Gasteiger partial charge in [-0.15, -0.1) is 0 Å². The summed E-state index contributed by atoms with van der Waals surface area (Å²) in [4.78, 5) is 0. The Morgan fingerprint density at radius 2 is 1.35 bits per heavy atom. The lowest BCUT2D eigenvalue weighted by Crippen LogP contribution is -2.10. The Labute approximate surface area is 152 Å². The molecule has 4 rings (SSSR count). The highest BCUT2D eigenvalue weighted by molar-refractivity contribution is 7.68. The molecule has 0 amide bonds. The van der Waals surface area contributed by atoms with Crippen molar-refractivity contribution >= 4 is 18.8 Å². The van der Waals surface area contributed by atoms with Gasteiger partial charge in [0.05, 0.1) is 12.8 Å². The van der Waals surface area contributed by atoms with Crippen LogP contribution in [0.25, 0.3) is 11.5 Å². The summed E-state index contributed by atoms with van der Waals surface area (Å²) in [5.41, 5.74) is 1.77. The van der Waals surface area contributed by atoms with Gasteiger partial charge in [-0.1, -0.05) is 60.7 Å². The quantitative estimate of drug-likeness (QED) is 0.593. The fourth-order valence-electron chi connectivity index (χ4n) is 2.73. The average Bonchev–Trinajstić information content (AvgIpc) is 3.21. The lowest BCUT2D eigenvalue weighted by Gasteiger charge is -2.23. The van der Waals surface area contributed by atoms with Gasteiger partial charge in [0, 0.05) is 22.8 Å². The molecule has 1 N–H and O–H groups in total. The van der Waals surface area contributed by atoms with Crippen LogP contribution in [0.2, 0.25) is 0 Å². The van der Waals surface area contributed by atoms with Crippen LogP contribution >= 0.6 is 7.29 Å². The molecule has 0 bridgehead atoms. The summed E-state index contributed by atoms with van der Waals surface area (Å²) in [5.74, 6) is 5.26. The summed E-state index contributed by atoms with van der Waals surface area (Å²) in [7, 11) is -2.96.